The summed E-state index contributed by atoms with van der Waals surface area (Å²) in [4.78, 5) is 23.0. The molecule has 0 aromatic heterocycles. The smallest absolute Gasteiger partial charge is 0.309 e. The molecule has 116 valence electrons. The van der Waals surface area contributed by atoms with Crippen molar-refractivity contribution in [1.82, 2.24) is 0 Å². The molecule has 4 nitrogen and oxygen atoms in total. The number of alkyl halides is 1. The van der Waals surface area contributed by atoms with E-state index in [1.165, 1.54) is 0 Å². The Morgan fingerprint density at radius 1 is 1.30 bits per heavy atom. The zero-order chi connectivity index (χ0) is 15.3. The van der Waals surface area contributed by atoms with Crippen molar-refractivity contribution < 1.29 is 23.8 Å². The van der Waals surface area contributed by atoms with Crippen molar-refractivity contribution in [2.45, 2.75) is 71.1 Å². The second-order valence-electron chi connectivity index (χ2n) is 6.25. The molecular formula is C15H24FO4-. The number of hydrogen-bond donors (Lipinski definition) is 0. The van der Waals surface area contributed by atoms with Crippen LogP contribution in [0.2, 0.25) is 0 Å². The van der Waals surface area contributed by atoms with Gasteiger partial charge in [-0.25, -0.2) is 4.39 Å². The molecule has 0 heterocycles. The fourth-order valence-electron chi connectivity index (χ4n) is 2.51. The third-order valence-electron chi connectivity index (χ3n) is 3.89. The Balaban J connectivity index is 2.73. The number of esters is 1. The van der Waals surface area contributed by atoms with Gasteiger partial charge in [0.2, 0.25) is 0 Å². The summed E-state index contributed by atoms with van der Waals surface area (Å²) in [5.74, 6) is -2.51. The number of ether oxygens (including phenoxy) is 1. The molecule has 0 N–H and O–H groups in total. The van der Waals surface area contributed by atoms with E-state index in [0.717, 1.165) is 39.0 Å². The SMILES string of the molecule is CC(C)CC(OC(=O)C1CCCCC1)C(C)(F)C(=O)[O-]. The van der Waals surface area contributed by atoms with E-state index in [1.807, 2.05) is 13.8 Å². The van der Waals surface area contributed by atoms with Gasteiger partial charge >= 0.3 is 5.97 Å². The Kier molecular flexibility index (Phi) is 5.96. The largest absolute Gasteiger partial charge is 0.547 e. The molecule has 0 aromatic carbocycles. The summed E-state index contributed by atoms with van der Waals surface area (Å²) in [6, 6.07) is 0. The molecule has 5 heteroatoms. The predicted molar refractivity (Wildman–Crippen MR) is 70.4 cm³/mol. The maximum absolute atomic E-state index is 14.2. The molecule has 0 amide bonds. The summed E-state index contributed by atoms with van der Waals surface area (Å²) in [7, 11) is 0. The number of carbonyl (C=O) groups excluding carboxylic acids is 2. The number of carboxylic acids is 1. The van der Waals surface area contributed by atoms with E-state index >= 15 is 0 Å². The molecular weight excluding hydrogens is 263 g/mol. The van der Waals surface area contributed by atoms with Gasteiger partial charge in [-0.15, -0.1) is 0 Å². The standard InChI is InChI=1S/C15H25FO4/c1-10(2)9-12(15(3,16)14(18)19)20-13(17)11-7-5-4-6-8-11/h10-12H,4-9H2,1-3H3,(H,18,19)/p-1. The Labute approximate surface area is 119 Å². The van der Waals surface area contributed by atoms with Crippen molar-refractivity contribution in [3.8, 4) is 0 Å². The summed E-state index contributed by atoms with van der Waals surface area (Å²) in [6.45, 7) is 4.56. The number of hydrogen-bond acceptors (Lipinski definition) is 4. The zero-order valence-electron chi connectivity index (χ0n) is 12.5. The van der Waals surface area contributed by atoms with Crippen molar-refractivity contribution in [3.63, 3.8) is 0 Å². The van der Waals surface area contributed by atoms with Crippen molar-refractivity contribution in [3.05, 3.63) is 0 Å². The van der Waals surface area contributed by atoms with Gasteiger partial charge in [-0.2, -0.15) is 0 Å². The van der Waals surface area contributed by atoms with Crippen LogP contribution in [0.25, 0.3) is 0 Å². The highest BCUT2D eigenvalue weighted by Crippen LogP contribution is 2.29. The van der Waals surface area contributed by atoms with Crippen LogP contribution in [0.15, 0.2) is 0 Å². The van der Waals surface area contributed by atoms with Gasteiger partial charge in [0.15, 0.2) is 5.67 Å². The Bertz CT molecular complexity index is 346. The minimum atomic E-state index is -2.66. The lowest BCUT2D eigenvalue weighted by molar-refractivity contribution is -0.323. The molecule has 2 atom stereocenters. The first-order valence-corrected chi connectivity index (χ1v) is 7.36. The molecule has 1 rings (SSSR count). The van der Waals surface area contributed by atoms with Crippen LogP contribution >= 0.6 is 0 Å². The van der Waals surface area contributed by atoms with Gasteiger partial charge in [-0.3, -0.25) is 4.79 Å². The maximum Gasteiger partial charge on any atom is 0.309 e. The van der Waals surface area contributed by atoms with E-state index < -0.39 is 23.7 Å². The molecule has 0 aliphatic heterocycles. The Hall–Kier alpha value is -1.13. The van der Waals surface area contributed by atoms with Gasteiger partial charge < -0.3 is 14.6 Å². The first-order valence-electron chi connectivity index (χ1n) is 7.36. The van der Waals surface area contributed by atoms with E-state index in [1.54, 1.807) is 0 Å². The lowest BCUT2D eigenvalue weighted by Crippen LogP contribution is -2.53. The molecule has 0 spiro atoms. The first-order chi connectivity index (χ1) is 9.25. The van der Waals surface area contributed by atoms with E-state index in [9.17, 15) is 19.1 Å². The molecule has 1 aliphatic rings. The van der Waals surface area contributed by atoms with Crippen LogP contribution in [0.5, 0.6) is 0 Å². The van der Waals surface area contributed by atoms with Crippen molar-refractivity contribution in [2.75, 3.05) is 0 Å². The number of carboxylic acid groups (broad SMARTS) is 1. The summed E-state index contributed by atoms with van der Waals surface area (Å²) >= 11 is 0. The Morgan fingerprint density at radius 3 is 2.30 bits per heavy atom. The Morgan fingerprint density at radius 2 is 1.85 bits per heavy atom. The van der Waals surface area contributed by atoms with Gasteiger partial charge in [0, 0.05) is 0 Å². The fourth-order valence-corrected chi connectivity index (χ4v) is 2.51. The number of aliphatic carboxylic acids is 1. The number of carbonyl (C=O) groups is 2. The molecule has 0 radical (unpaired) electrons. The van der Waals surface area contributed by atoms with Crippen LogP contribution in [-0.2, 0) is 14.3 Å². The molecule has 0 aromatic rings. The van der Waals surface area contributed by atoms with Crippen LogP contribution in [-0.4, -0.2) is 23.7 Å². The van der Waals surface area contributed by atoms with Gasteiger partial charge in [-0.1, -0.05) is 33.1 Å². The topological polar surface area (TPSA) is 66.4 Å². The third-order valence-corrected chi connectivity index (χ3v) is 3.89. The van der Waals surface area contributed by atoms with Gasteiger partial charge in [-0.05, 0) is 32.1 Å². The second kappa shape index (κ2) is 7.04. The lowest BCUT2D eigenvalue weighted by Gasteiger charge is -2.33. The number of halogens is 1. The molecule has 0 bridgehead atoms. The molecule has 2 unspecified atom stereocenters. The zero-order valence-corrected chi connectivity index (χ0v) is 12.5. The monoisotopic (exact) mass is 287 g/mol. The maximum atomic E-state index is 14.2. The average molecular weight is 287 g/mol. The lowest BCUT2D eigenvalue weighted by atomic mass is 9.88. The van der Waals surface area contributed by atoms with Crippen molar-refractivity contribution in [1.29, 1.82) is 0 Å². The average Bonchev–Trinajstić information content (AvgIpc) is 2.38. The van der Waals surface area contributed by atoms with Crippen LogP contribution < -0.4 is 5.11 Å². The van der Waals surface area contributed by atoms with Crippen LogP contribution in [0.3, 0.4) is 0 Å². The van der Waals surface area contributed by atoms with Gasteiger partial charge in [0.1, 0.15) is 6.10 Å². The summed E-state index contributed by atoms with van der Waals surface area (Å²) in [6.07, 6.45) is 3.37. The summed E-state index contributed by atoms with van der Waals surface area (Å²) in [5.41, 5.74) is -2.66. The third kappa shape index (κ3) is 4.46. The molecule has 1 fully saturated rings. The highest BCUT2D eigenvalue weighted by molar-refractivity contribution is 5.77. The van der Waals surface area contributed by atoms with E-state index in [4.69, 9.17) is 4.74 Å². The molecule has 20 heavy (non-hydrogen) atoms. The van der Waals surface area contributed by atoms with Gasteiger partial charge in [0.05, 0.1) is 11.9 Å². The van der Waals surface area contributed by atoms with Crippen molar-refractivity contribution in [2.24, 2.45) is 11.8 Å². The van der Waals surface area contributed by atoms with Crippen molar-refractivity contribution >= 4 is 11.9 Å². The van der Waals surface area contributed by atoms with Crippen LogP contribution in [0.1, 0.15) is 59.3 Å². The molecule has 1 aliphatic carbocycles. The summed E-state index contributed by atoms with van der Waals surface area (Å²) < 4.78 is 19.4. The first kappa shape index (κ1) is 16.9. The van der Waals surface area contributed by atoms with E-state index in [0.29, 0.717) is 0 Å². The van der Waals surface area contributed by atoms with E-state index in [2.05, 4.69) is 0 Å². The normalized spacial score (nSPS) is 21.2. The minimum absolute atomic E-state index is 0.0218. The number of rotatable bonds is 6. The fraction of sp³-hybridized carbons (Fsp3) is 0.867. The van der Waals surface area contributed by atoms with Gasteiger partial charge in [0.25, 0.3) is 0 Å². The van der Waals surface area contributed by atoms with E-state index in [-0.39, 0.29) is 18.3 Å². The minimum Gasteiger partial charge on any atom is -0.547 e. The quantitative estimate of drug-likeness (QED) is 0.701. The van der Waals surface area contributed by atoms with Crippen LogP contribution in [0.4, 0.5) is 4.39 Å². The van der Waals surface area contributed by atoms with Crippen LogP contribution in [0, 0.1) is 11.8 Å². The highest BCUT2D eigenvalue weighted by Gasteiger charge is 2.40. The molecule has 0 saturated heterocycles. The molecule has 1 saturated carbocycles. The summed E-state index contributed by atoms with van der Waals surface area (Å²) in [5, 5.41) is 10.9. The predicted octanol–water partition coefficient (Wildman–Crippen LogP) is 2.00. The second-order valence-corrected chi connectivity index (χ2v) is 6.25. The highest BCUT2D eigenvalue weighted by atomic mass is 19.1.